The number of hydrogen-bond acceptors (Lipinski definition) is 2. The van der Waals surface area contributed by atoms with Crippen LogP contribution >= 0.6 is 11.8 Å². The van der Waals surface area contributed by atoms with Gasteiger partial charge in [0.2, 0.25) is 0 Å². The van der Waals surface area contributed by atoms with E-state index in [2.05, 4.69) is 0 Å². The summed E-state index contributed by atoms with van der Waals surface area (Å²) in [5.74, 6) is -0.357. The molecule has 1 aromatic carbocycles. The van der Waals surface area contributed by atoms with E-state index < -0.39 is 0 Å². The van der Waals surface area contributed by atoms with E-state index in [1.165, 1.54) is 17.8 Å². The van der Waals surface area contributed by atoms with E-state index in [1.54, 1.807) is 13.0 Å². The van der Waals surface area contributed by atoms with E-state index in [-0.39, 0.29) is 18.3 Å². The van der Waals surface area contributed by atoms with Crippen LogP contribution in [0.25, 0.3) is 0 Å². The molecule has 1 nitrogen and oxygen atoms in total. The number of aliphatic hydroxyl groups is 1. The predicted octanol–water partition coefficient (Wildman–Crippen LogP) is 2.64. The Morgan fingerprint density at radius 1 is 1.54 bits per heavy atom. The predicted molar refractivity (Wildman–Crippen MR) is 53.7 cm³/mol. The van der Waals surface area contributed by atoms with Crippen LogP contribution < -0.4 is 0 Å². The Kier molecular flexibility index (Phi) is 3.75. The maximum Gasteiger partial charge on any atom is 0.127 e. The van der Waals surface area contributed by atoms with Crippen LogP contribution in [-0.4, -0.2) is 18.0 Å². The lowest BCUT2D eigenvalue weighted by atomic mass is 10.0. The molecule has 0 spiro atoms. The average Bonchev–Trinajstić information content (AvgIpc) is 2.16. The molecule has 0 saturated carbocycles. The highest BCUT2D eigenvalue weighted by Crippen LogP contribution is 2.23. The number of benzene rings is 1. The SMILES string of the molecule is CSc1ccc(C(C)CO)c(F)c1. The lowest BCUT2D eigenvalue weighted by Crippen LogP contribution is -2.01. The minimum Gasteiger partial charge on any atom is -0.396 e. The van der Waals surface area contributed by atoms with Crippen LogP contribution in [0.15, 0.2) is 23.1 Å². The van der Waals surface area contributed by atoms with Crippen molar-refractivity contribution in [1.29, 1.82) is 0 Å². The van der Waals surface area contributed by atoms with Gasteiger partial charge in [0.15, 0.2) is 0 Å². The first kappa shape index (κ1) is 10.5. The van der Waals surface area contributed by atoms with Crippen molar-refractivity contribution in [1.82, 2.24) is 0 Å². The smallest absolute Gasteiger partial charge is 0.127 e. The molecule has 72 valence electrons. The molecule has 0 aliphatic heterocycles. The molecule has 0 bridgehead atoms. The highest BCUT2D eigenvalue weighted by molar-refractivity contribution is 7.98. The Morgan fingerprint density at radius 2 is 2.23 bits per heavy atom. The van der Waals surface area contributed by atoms with Crippen LogP contribution in [0.3, 0.4) is 0 Å². The lowest BCUT2D eigenvalue weighted by molar-refractivity contribution is 0.270. The minimum atomic E-state index is -0.228. The summed E-state index contributed by atoms with van der Waals surface area (Å²) in [5.41, 5.74) is 0.584. The van der Waals surface area contributed by atoms with Gasteiger partial charge in [-0.3, -0.25) is 0 Å². The molecule has 1 N–H and O–H groups in total. The lowest BCUT2D eigenvalue weighted by Gasteiger charge is -2.09. The van der Waals surface area contributed by atoms with Gasteiger partial charge < -0.3 is 5.11 Å². The van der Waals surface area contributed by atoms with E-state index in [0.717, 1.165) is 4.90 Å². The molecule has 13 heavy (non-hydrogen) atoms. The second-order valence-corrected chi connectivity index (χ2v) is 3.85. The van der Waals surface area contributed by atoms with Gasteiger partial charge in [0, 0.05) is 17.4 Å². The summed E-state index contributed by atoms with van der Waals surface area (Å²) in [7, 11) is 0. The third kappa shape index (κ3) is 2.45. The summed E-state index contributed by atoms with van der Waals surface area (Å²) in [4.78, 5) is 0.909. The maximum absolute atomic E-state index is 13.4. The van der Waals surface area contributed by atoms with E-state index in [4.69, 9.17) is 5.11 Å². The van der Waals surface area contributed by atoms with Gasteiger partial charge in [0.25, 0.3) is 0 Å². The Labute approximate surface area is 82.0 Å². The Balaban J connectivity index is 2.98. The van der Waals surface area contributed by atoms with Gasteiger partial charge in [0.05, 0.1) is 0 Å². The van der Waals surface area contributed by atoms with E-state index in [9.17, 15) is 4.39 Å². The molecule has 1 rings (SSSR count). The molecule has 0 heterocycles. The van der Waals surface area contributed by atoms with Crippen molar-refractivity contribution in [3.05, 3.63) is 29.6 Å². The molecule has 0 amide bonds. The number of thioether (sulfide) groups is 1. The first-order valence-corrected chi connectivity index (χ1v) is 5.35. The van der Waals surface area contributed by atoms with Crippen molar-refractivity contribution in [2.75, 3.05) is 12.9 Å². The molecule has 3 heteroatoms. The highest BCUT2D eigenvalue weighted by atomic mass is 32.2. The summed E-state index contributed by atoms with van der Waals surface area (Å²) in [6.07, 6.45) is 1.91. The number of hydrogen-bond donors (Lipinski definition) is 1. The molecular weight excluding hydrogens is 187 g/mol. The zero-order valence-corrected chi connectivity index (χ0v) is 8.57. The monoisotopic (exact) mass is 200 g/mol. The van der Waals surface area contributed by atoms with Crippen molar-refractivity contribution in [2.45, 2.75) is 17.7 Å². The summed E-state index contributed by atoms with van der Waals surface area (Å²) in [5, 5.41) is 8.87. The number of rotatable bonds is 3. The largest absolute Gasteiger partial charge is 0.396 e. The molecule has 0 aliphatic carbocycles. The summed E-state index contributed by atoms with van der Waals surface area (Å²) in [6.45, 7) is 1.78. The van der Waals surface area contributed by atoms with Crippen LogP contribution in [0, 0.1) is 5.82 Å². The molecule has 0 fully saturated rings. The normalized spacial score (nSPS) is 12.9. The summed E-state index contributed by atoms with van der Waals surface area (Å²) >= 11 is 1.51. The summed E-state index contributed by atoms with van der Waals surface area (Å²) < 4.78 is 13.4. The zero-order chi connectivity index (χ0) is 9.84. The van der Waals surface area contributed by atoms with Crippen molar-refractivity contribution >= 4 is 11.8 Å². The third-order valence-electron chi connectivity index (χ3n) is 2.01. The Hall–Kier alpha value is -0.540. The molecule has 0 aromatic heterocycles. The molecule has 1 unspecified atom stereocenters. The molecule has 0 aliphatic rings. The van der Waals surface area contributed by atoms with E-state index in [1.807, 2.05) is 12.3 Å². The fourth-order valence-electron chi connectivity index (χ4n) is 1.13. The van der Waals surface area contributed by atoms with Crippen LogP contribution in [-0.2, 0) is 0 Å². The fourth-order valence-corrected chi connectivity index (χ4v) is 1.56. The minimum absolute atomic E-state index is 0.0183. The second-order valence-electron chi connectivity index (χ2n) is 2.97. The average molecular weight is 200 g/mol. The van der Waals surface area contributed by atoms with Crippen molar-refractivity contribution < 1.29 is 9.50 Å². The quantitative estimate of drug-likeness (QED) is 0.757. The third-order valence-corrected chi connectivity index (χ3v) is 2.74. The molecular formula is C10H13FOS. The standard InChI is InChI=1S/C10H13FOS/c1-7(6-12)9-4-3-8(13-2)5-10(9)11/h3-5,7,12H,6H2,1-2H3. The van der Waals surface area contributed by atoms with Gasteiger partial charge in [-0.1, -0.05) is 13.0 Å². The van der Waals surface area contributed by atoms with Crippen molar-refractivity contribution in [3.63, 3.8) is 0 Å². The van der Waals surface area contributed by atoms with E-state index >= 15 is 0 Å². The molecule has 0 saturated heterocycles. The van der Waals surface area contributed by atoms with Gasteiger partial charge in [0.1, 0.15) is 5.82 Å². The molecule has 1 aromatic rings. The van der Waals surface area contributed by atoms with Gasteiger partial charge in [-0.05, 0) is 24.0 Å². The fraction of sp³-hybridized carbons (Fsp3) is 0.400. The molecule has 0 radical (unpaired) electrons. The van der Waals surface area contributed by atoms with Gasteiger partial charge in [-0.2, -0.15) is 0 Å². The maximum atomic E-state index is 13.4. The topological polar surface area (TPSA) is 20.2 Å². The van der Waals surface area contributed by atoms with E-state index in [0.29, 0.717) is 5.56 Å². The molecule has 1 atom stereocenters. The van der Waals surface area contributed by atoms with Crippen LogP contribution in [0.1, 0.15) is 18.4 Å². The number of aliphatic hydroxyl groups excluding tert-OH is 1. The first-order valence-electron chi connectivity index (χ1n) is 4.13. The van der Waals surface area contributed by atoms with Gasteiger partial charge >= 0.3 is 0 Å². The number of halogens is 1. The van der Waals surface area contributed by atoms with Crippen LogP contribution in [0.4, 0.5) is 4.39 Å². The first-order chi connectivity index (χ1) is 6.19. The van der Waals surface area contributed by atoms with Gasteiger partial charge in [-0.15, -0.1) is 11.8 Å². The summed E-state index contributed by atoms with van der Waals surface area (Å²) in [6, 6.07) is 5.11. The highest BCUT2D eigenvalue weighted by Gasteiger charge is 2.09. The van der Waals surface area contributed by atoms with Crippen molar-refractivity contribution in [2.24, 2.45) is 0 Å². The Morgan fingerprint density at radius 3 is 2.69 bits per heavy atom. The second kappa shape index (κ2) is 4.63. The van der Waals surface area contributed by atoms with Crippen LogP contribution in [0.2, 0.25) is 0 Å². The zero-order valence-electron chi connectivity index (χ0n) is 7.75. The van der Waals surface area contributed by atoms with Crippen molar-refractivity contribution in [3.8, 4) is 0 Å². The Bertz CT molecular complexity index is 288. The van der Waals surface area contributed by atoms with Crippen LogP contribution in [0.5, 0.6) is 0 Å². The van der Waals surface area contributed by atoms with Gasteiger partial charge in [-0.25, -0.2) is 4.39 Å².